The van der Waals surface area contributed by atoms with Crippen molar-refractivity contribution in [2.24, 2.45) is 0 Å². The van der Waals surface area contributed by atoms with Gasteiger partial charge in [-0.1, -0.05) is 29.3 Å². The fraction of sp³-hybridized carbons (Fsp3) is 0.565. The van der Waals surface area contributed by atoms with Crippen molar-refractivity contribution in [3.63, 3.8) is 0 Å². The van der Waals surface area contributed by atoms with Crippen molar-refractivity contribution >= 4 is 40.8 Å². The summed E-state index contributed by atoms with van der Waals surface area (Å²) in [6.45, 7) is -0.547. The van der Waals surface area contributed by atoms with Crippen molar-refractivity contribution in [2.45, 2.75) is 76.4 Å². The van der Waals surface area contributed by atoms with E-state index < -0.39 is 128 Å². The van der Waals surface area contributed by atoms with Gasteiger partial charge in [-0.3, -0.25) is 9.59 Å². The molecule has 2 fully saturated rings. The third kappa shape index (κ3) is 5.92. The van der Waals surface area contributed by atoms with Crippen molar-refractivity contribution < 1.29 is 105 Å². The molecule has 1 aromatic rings. The molecule has 0 saturated carbocycles. The Labute approximate surface area is 262 Å². The maximum atomic E-state index is 12.9. The Kier molecular flexibility index (Phi) is 11.2. The number of ether oxygens (including phenoxy) is 2. The number of fused-ring (bicyclic) bond motifs is 1. The SMILES string of the molecule is CC1=C([O-])c2c(O)c(S[C@@H]3O[C@H](CO)[C@@H](O)[C@H](O)[C@H]3O)c(S[C@@H]3O[C@H](CO)[C@@H](O)[C@H](O)[C@H]3O)c(O)c2C(=O)C1=O.[Na+]. The fourth-order valence-corrected chi connectivity index (χ4v) is 7.06. The molecule has 0 amide bonds. The average Bonchev–Trinajstić information content (AvgIpc) is 2.93. The van der Waals surface area contributed by atoms with Gasteiger partial charge in [0.15, 0.2) is 0 Å². The van der Waals surface area contributed by atoms with E-state index in [1.165, 1.54) is 0 Å². The number of phenolic OH excluding ortho intramolecular Hbond substituents is 2. The number of allylic oxidation sites excluding steroid dienone is 1. The predicted molar refractivity (Wildman–Crippen MR) is 131 cm³/mol. The molecule has 222 valence electrons. The van der Waals surface area contributed by atoms with Gasteiger partial charge in [-0.15, -0.1) is 0 Å². The maximum Gasteiger partial charge on any atom is 1.00 e. The van der Waals surface area contributed by atoms with Crippen LogP contribution < -0.4 is 34.7 Å². The van der Waals surface area contributed by atoms with E-state index in [0.29, 0.717) is 23.5 Å². The second-order valence-corrected chi connectivity index (χ2v) is 11.6. The standard InChI is InChI=1S/C23H28O15S2.Na/c1-4-9(26)7-8(13(30)10(4)27)15(32)21(40-23-19(36)17(34)12(29)6(3-25)38-23)20(14(7)31)39-22-18(35)16(33)11(28)5(2-24)37-22;/h5-6,11-12,16-19,22-26,28-29,31-36H,2-3H2,1H3;/q;+1/p-1/t5-,6-,11-,12-,16+,17+,18-,19-,22+,23+;/m1./s1. The van der Waals surface area contributed by atoms with Crippen LogP contribution in [-0.4, -0.2) is 136 Å². The fourth-order valence-electron chi connectivity index (χ4n) is 4.48. The number of aliphatic hydroxyl groups excluding tert-OH is 8. The minimum atomic E-state index is -1.86. The van der Waals surface area contributed by atoms with Crippen LogP contribution >= 0.6 is 23.5 Å². The topological polar surface area (TPSA) is 278 Å². The quantitative estimate of drug-likeness (QED) is 0.0794. The van der Waals surface area contributed by atoms with Gasteiger partial charge in [0.25, 0.3) is 0 Å². The minimum Gasteiger partial charge on any atom is -0.872 e. The van der Waals surface area contributed by atoms with E-state index in [1.54, 1.807) is 0 Å². The summed E-state index contributed by atoms with van der Waals surface area (Å²) in [5, 5.41) is 116. The Balaban J connectivity index is 0.00000462. The number of Topliss-reactive ketones (excluding diaryl/α,β-unsaturated/α-hetero) is 2. The number of aromatic hydroxyl groups is 2. The molecule has 10 atom stereocenters. The molecule has 0 unspecified atom stereocenters. The van der Waals surface area contributed by atoms with Gasteiger partial charge in [0, 0.05) is 5.56 Å². The Morgan fingerprint density at radius 2 is 1.07 bits per heavy atom. The van der Waals surface area contributed by atoms with E-state index in [9.17, 15) is 65.8 Å². The van der Waals surface area contributed by atoms with Gasteiger partial charge in [-0.2, -0.15) is 0 Å². The molecule has 18 heteroatoms. The van der Waals surface area contributed by atoms with Gasteiger partial charge >= 0.3 is 29.6 Å². The van der Waals surface area contributed by atoms with Crippen LogP contribution in [-0.2, 0) is 14.3 Å². The Bertz CT molecular complexity index is 1220. The van der Waals surface area contributed by atoms with Crippen LogP contribution in [0.25, 0.3) is 5.76 Å². The summed E-state index contributed by atoms with van der Waals surface area (Å²) in [7, 11) is 0. The molecular weight excluding hydrogens is 603 g/mol. The summed E-state index contributed by atoms with van der Waals surface area (Å²) >= 11 is 0.775. The van der Waals surface area contributed by atoms with E-state index in [-0.39, 0.29) is 29.6 Å². The van der Waals surface area contributed by atoms with Gasteiger partial charge in [-0.05, 0) is 12.5 Å². The summed E-state index contributed by atoms with van der Waals surface area (Å²) in [6.07, 6.45) is -13.6. The zero-order valence-electron chi connectivity index (χ0n) is 21.5. The summed E-state index contributed by atoms with van der Waals surface area (Å²) in [6, 6.07) is 0. The number of carbonyl (C=O) groups is 2. The average molecular weight is 631 g/mol. The molecule has 0 spiro atoms. The molecule has 10 N–H and O–H groups in total. The van der Waals surface area contributed by atoms with Gasteiger partial charge in [0.1, 0.15) is 71.2 Å². The van der Waals surface area contributed by atoms with Gasteiger partial charge in [0.2, 0.25) is 11.6 Å². The molecule has 0 bridgehead atoms. The Morgan fingerprint density at radius 3 is 1.46 bits per heavy atom. The van der Waals surface area contributed by atoms with E-state index in [2.05, 4.69) is 0 Å². The van der Waals surface area contributed by atoms with Crippen LogP contribution in [0, 0.1) is 0 Å². The Morgan fingerprint density at radius 1 is 0.683 bits per heavy atom. The molecule has 2 aliphatic heterocycles. The summed E-state index contributed by atoms with van der Waals surface area (Å²) in [5.74, 6) is -5.63. The van der Waals surface area contributed by atoms with Crippen molar-refractivity contribution in [3.8, 4) is 11.5 Å². The van der Waals surface area contributed by atoms with Crippen molar-refractivity contribution in [1.82, 2.24) is 0 Å². The molecule has 4 rings (SSSR count). The number of benzene rings is 1. The number of ketones is 2. The molecule has 1 aliphatic carbocycles. The van der Waals surface area contributed by atoms with Crippen molar-refractivity contribution in [2.75, 3.05) is 13.2 Å². The first-order valence-electron chi connectivity index (χ1n) is 11.8. The second kappa shape index (κ2) is 13.3. The van der Waals surface area contributed by atoms with E-state index in [0.717, 1.165) is 6.92 Å². The Hall–Kier alpha value is -1.00. The number of phenols is 2. The molecule has 1 aromatic carbocycles. The number of aliphatic hydroxyl groups is 8. The van der Waals surface area contributed by atoms with E-state index in [4.69, 9.17) is 9.47 Å². The summed E-state index contributed by atoms with van der Waals surface area (Å²) in [4.78, 5) is 24.2. The molecule has 2 heterocycles. The normalized spacial score (nSPS) is 35.7. The molecule has 0 radical (unpaired) electrons. The van der Waals surface area contributed by atoms with Gasteiger partial charge in [0.05, 0.1) is 28.6 Å². The number of hydrogen-bond acceptors (Lipinski definition) is 17. The first kappa shape index (κ1) is 34.5. The number of rotatable bonds is 6. The summed E-state index contributed by atoms with van der Waals surface area (Å²) in [5.41, 5.74) is -5.29. The predicted octanol–water partition coefficient (Wildman–Crippen LogP) is -7.26. The minimum absolute atomic E-state index is 0. The molecule has 2 saturated heterocycles. The molecule has 15 nitrogen and oxygen atoms in total. The third-order valence-electron chi connectivity index (χ3n) is 6.87. The first-order valence-corrected chi connectivity index (χ1v) is 13.6. The van der Waals surface area contributed by atoms with E-state index in [1.807, 2.05) is 0 Å². The van der Waals surface area contributed by atoms with Crippen molar-refractivity contribution in [1.29, 1.82) is 0 Å². The molecule has 3 aliphatic rings. The number of thioether (sulfide) groups is 2. The van der Waals surface area contributed by atoms with Crippen LogP contribution in [0.2, 0.25) is 0 Å². The first-order chi connectivity index (χ1) is 18.8. The zero-order chi connectivity index (χ0) is 29.8. The molecule has 0 aromatic heterocycles. The van der Waals surface area contributed by atoms with Crippen LogP contribution in [0.15, 0.2) is 15.4 Å². The third-order valence-corrected chi connectivity index (χ3v) is 9.51. The van der Waals surface area contributed by atoms with Crippen LogP contribution in [0.5, 0.6) is 11.5 Å². The van der Waals surface area contributed by atoms with Crippen molar-refractivity contribution in [3.05, 3.63) is 16.7 Å². The maximum absolute atomic E-state index is 12.9. The summed E-state index contributed by atoms with van der Waals surface area (Å²) < 4.78 is 10.9. The number of hydrogen-bond donors (Lipinski definition) is 10. The van der Waals surface area contributed by atoms with E-state index >= 15 is 0 Å². The molecule has 41 heavy (non-hydrogen) atoms. The van der Waals surface area contributed by atoms with Crippen LogP contribution in [0.3, 0.4) is 0 Å². The second-order valence-electron chi connectivity index (χ2n) is 9.35. The van der Waals surface area contributed by atoms with Gasteiger partial charge < -0.3 is 65.6 Å². The number of carbonyl (C=O) groups excluding carboxylic acids is 2. The van der Waals surface area contributed by atoms with Gasteiger partial charge in [-0.25, -0.2) is 0 Å². The van der Waals surface area contributed by atoms with Crippen LogP contribution in [0.4, 0.5) is 0 Å². The zero-order valence-corrected chi connectivity index (χ0v) is 25.2. The smallest absolute Gasteiger partial charge is 0.872 e. The molecular formula is C23H27NaO15S2. The monoisotopic (exact) mass is 630 g/mol. The van der Waals surface area contributed by atoms with Crippen LogP contribution in [0.1, 0.15) is 22.8 Å². The largest absolute Gasteiger partial charge is 1.00 e.